The molecule has 11 aromatic rings. The number of aromatic nitrogens is 3. The van der Waals surface area contributed by atoms with Gasteiger partial charge in [0, 0.05) is 49.4 Å². The molecule has 48 heavy (non-hydrogen) atoms. The van der Waals surface area contributed by atoms with Crippen LogP contribution < -0.4 is 0 Å². The van der Waals surface area contributed by atoms with Crippen molar-refractivity contribution in [2.24, 2.45) is 0 Å². The number of halogens is 1. The Morgan fingerprint density at radius 1 is 0.312 bits per heavy atom. The number of fused-ring (bicyclic) bond motifs is 6. The third-order valence-corrected chi connectivity index (χ3v) is 10.2. The molecule has 4 heteroatoms. The second-order valence-electron chi connectivity index (χ2n) is 12.7. The number of hydrogen-bond donors (Lipinski definition) is 0. The lowest BCUT2D eigenvalue weighted by Crippen LogP contribution is -1.98. The molecular weight excluding hydrogens is 590 g/mol. The highest BCUT2D eigenvalue weighted by Crippen LogP contribution is 2.43. The Morgan fingerprint density at radius 3 is 1.06 bits per heavy atom. The summed E-state index contributed by atoms with van der Waals surface area (Å²) in [6.45, 7) is 0. The van der Waals surface area contributed by atoms with E-state index in [-0.39, 0.29) is 5.82 Å². The molecule has 0 aliphatic carbocycles. The summed E-state index contributed by atoms with van der Waals surface area (Å²) in [5.41, 5.74) is 9.98. The van der Waals surface area contributed by atoms with Crippen molar-refractivity contribution in [1.29, 1.82) is 0 Å². The first kappa shape index (κ1) is 25.8. The minimum atomic E-state index is -0.246. The molecule has 0 spiro atoms. The molecule has 0 aliphatic rings. The van der Waals surface area contributed by atoms with Crippen LogP contribution in [0.1, 0.15) is 0 Å². The lowest BCUT2D eigenvalue weighted by Gasteiger charge is -2.12. The second-order valence-corrected chi connectivity index (χ2v) is 12.7. The highest BCUT2D eigenvalue weighted by molar-refractivity contribution is 6.25. The molecular formula is C44H26FN3. The summed E-state index contributed by atoms with van der Waals surface area (Å²) < 4.78 is 21.4. The van der Waals surface area contributed by atoms with Crippen molar-refractivity contribution in [2.45, 2.75) is 0 Å². The van der Waals surface area contributed by atoms with Crippen LogP contribution in [0, 0.1) is 5.82 Å². The quantitative estimate of drug-likeness (QED) is 0.176. The van der Waals surface area contributed by atoms with E-state index in [1.807, 2.05) is 12.1 Å². The monoisotopic (exact) mass is 615 g/mol. The summed E-state index contributed by atoms with van der Waals surface area (Å²) >= 11 is 0. The molecule has 0 amide bonds. The van der Waals surface area contributed by atoms with Crippen LogP contribution in [0.15, 0.2) is 158 Å². The largest absolute Gasteiger partial charge is 0.309 e. The molecule has 0 atom stereocenters. The van der Waals surface area contributed by atoms with Crippen LogP contribution in [0.25, 0.3) is 93.3 Å². The Morgan fingerprint density at radius 2 is 0.667 bits per heavy atom. The predicted molar refractivity (Wildman–Crippen MR) is 198 cm³/mol. The van der Waals surface area contributed by atoms with Gasteiger partial charge in [0.2, 0.25) is 0 Å². The zero-order valence-corrected chi connectivity index (χ0v) is 25.7. The summed E-state index contributed by atoms with van der Waals surface area (Å²) in [7, 11) is 0. The molecule has 0 saturated heterocycles. The minimum absolute atomic E-state index is 0.246. The van der Waals surface area contributed by atoms with Gasteiger partial charge in [0.15, 0.2) is 0 Å². The molecule has 0 N–H and O–H groups in total. The first-order valence-corrected chi connectivity index (χ1v) is 16.3. The number of para-hydroxylation sites is 4. The molecule has 0 saturated carbocycles. The van der Waals surface area contributed by atoms with Gasteiger partial charge in [0.25, 0.3) is 0 Å². The van der Waals surface area contributed by atoms with Gasteiger partial charge in [-0.1, -0.05) is 84.9 Å². The van der Waals surface area contributed by atoms with E-state index in [2.05, 4.69) is 147 Å². The Hall–Kier alpha value is -6.39. The minimum Gasteiger partial charge on any atom is -0.309 e. The fourth-order valence-electron chi connectivity index (χ4n) is 8.26. The topological polar surface area (TPSA) is 14.8 Å². The van der Waals surface area contributed by atoms with Crippen LogP contribution in [-0.2, 0) is 0 Å². The van der Waals surface area contributed by atoms with E-state index in [0.29, 0.717) is 0 Å². The summed E-state index contributed by atoms with van der Waals surface area (Å²) in [4.78, 5) is 0. The van der Waals surface area contributed by atoms with E-state index in [4.69, 9.17) is 0 Å². The van der Waals surface area contributed by atoms with Crippen LogP contribution in [0.4, 0.5) is 4.39 Å². The highest BCUT2D eigenvalue weighted by Gasteiger charge is 2.22. The molecule has 8 aromatic carbocycles. The Balaban J connectivity index is 1.29. The van der Waals surface area contributed by atoms with Gasteiger partial charge in [-0.3, -0.25) is 0 Å². The molecule has 0 radical (unpaired) electrons. The first-order valence-electron chi connectivity index (χ1n) is 16.3. The number of nitrogens with zero attached hydrogens (tertiary/aromatic N) is 3. The van der Waals surface area contributed by atoms with Crippen LogP contribution in [0.2, 0.25) is 0 Å². The van der Waals surface area contributed by atoms with Crippen molar-refractivity contribution in [2.75, 3.05) is 0 Å². The summed E-state index contributed by atoms with van der Waals surface area (Å²) in [6.07, 6.45) is 0. The number of hydrogen-bond acceptors (Lipinski definition) is 0. The predicted octanol–water partition coefficient (Wildman–Crippen LogP) is 11.7. The third kappa shape index (κ3) is 3.36. The van der Waals surface area contributed by atoms with Crippen LogP contribution >= 0.6 is 0 Å². The van der Waals surface area contributed by atoms with Crippen molar-refractivity contribution < 1.29 is 4.39 Å². The number of rotatable bonds is 3. The van der Waals surface area contributed by atoms with Crippen molar-refractivity contribution >= 4 is 76.2 Å². The average Bonchev–Trinajstić information content (AvgIpc) is 3.77. The van der Waals surface area contributed by atoms with E-state index in [0.717, 1.165) is 28.1 Å². The zero-order valence-electron chi connectivity index (χ0n) is 25.7. The normalized spacial score (nSPS) is 12.3. The Kier molecular flexibility index (Phi) is 5.01. The average molecular weight is 616 g/mol. The van der Waals surface area contributed by atoms with Gasteiger partial charge in [-0.15, -0.1) is 0 Å². The van der Waals surface area contributed by atoms with Gasteiger partial charge in [0.05, 0.1) is 33.1 Å². The number of benzene rings is 8. The van der Waals surface area contributed by atoms with Crippen LogP contribution in [0.5, 0.6) is 0 Å². The van der Waals surface area contributed by atoms with Gasteiger partial charge < -0.3 is 13.7 Å². The van der Waals surface area contributed by atoms with E-state index in [1.165, 1.54) is 65.2 Å². The smallest absolute Gasteiger partial charge is 0.123 e. The van der Waals surface area contributed by atoms with Crippen molar-refractivity contribution in [3.8, 4) is 17.1 Å². The maximum absolute atomic E-state index is 14.4. The standard InChI is InChI=1S/C44H26FN3/c45-29-19-21-30(22-20-29)46-41-25-31(47-37-13-5-1-9-33(37)34-10-2-6-14-38(34)47)23-27-17-18-28-24-32(26-42(46)44(28)43(27)41)48-39-15-7-3-11-35(39)36-12-4-8-16-40(36)48/h1-26H. The molecule has 11 rings (SSSR count). The van der Waals surface area contributed by atoms with Crippen molar-refractivity contribution in [3.05, 3.63) is 164 Å². The SMILES string of the molecule is Fc1ccc(-n2c3cc(-n4c5ccccc5c5ccccc54)cc4ccc5cc(-n6c7ccccc7c7ccccc76)cc2c5c43)cc1. The van der Waals surface area contributed by atoms with E-state index in [1.54, 1.807) is 12.1 Å². The first-order chi connectivity index (χ1) is 23.7. The fourth-order valence-corrected chi connectivity index (χ4v) is 8.26. The third-order valence-electron chi connectivity index (χ3n) is 10.2. The molecule has 3 nitrogen and oxygen atoms in total. The van der Waals surface area contributed by atoms with Gasteiger partial charge in [-0.25, -0.2) is 4.39 Å². The molecule has 3 aromatic heterocycles. The Bertz CT molecular complexity index is 2770. The summed E-state index contributed by atoms with van der Waals surface area (Å²) in [6, 6.07) is 55.1. The summed E-state index contributed by atoms with van der Waals surface area (Å²) in [5, 5.41) is 9.70. The van der Waals surface area contributed by atoms with E-state index in [9.17, 15) is 4.39 Å². The molecule has 0 unspecified atom stereocenters. The maximum Gasteiger partial charge on any atom is 0.123 e. The summed E-state index contributed by atoms with van der Waals surface area (Å²) in [5.74, 6) is -0.246. The van der Waals surface area contributed by atoms with Gasteiger partial charge >= 0.3 is 0 Å². The lowest BCUT2D eigenvalue weighted by molar-refractivity contribution is 0.627. The maximum atomic E-state index is 14.4. The van der Waals surface area contributed by atoms with Crippen LogP contribution in [0.3, 0.4) is 0 Å². The highest BCUT2D eigenvalue weighted by atomic mass is 19.1. The molecule has 0 fully saturated rings. The second kappa shape index (κ2) is 9.34. The van der Waals surface area contributed by atoms with Crippen molar-refractivity contribution in [3.63, 3.8) is 0 Å². The lowest BCUT2D eigenvalue weighted by atomic mass is 10.0. The molecule has 3 heterocycles. The molecule has 224 valence electrons. The van der Waals surface area contributed by atoms with E-state index >= 15 is 0 Å². The van der Waals surface area contributed by atoms with Gasteiger partial charge in [-0.2, -0.15) is 0 Å². The fraction of sp³-hybridized carbons (Fsp3) is 0. The van der Waals surface area contributed by atoms with E-state index < -0.39 is 0 Å². The van der Waals surface area contributed by atoms with Gasteiger partial charge in [-0.05, 0) is 83.6 Å². The molecule has 0 aliphatic heterocycles. The van der Waals surface area contributed by atoms with Gasteiger partial charge in [0.1, 0.15) is 5.82 Å². The van der Waals surface area contributed by atoms with Crippen molar-refractivity contribution in [1.82, 2.24) is 13.7 Å². The molecule has 0 bridgehead atoms. The van der Waals surface area contributed by atoms with Crippen LogP contribution in [-0.4, -0.2) is 13.7 Å². The Labute approximate surface area is 274 Å². The zero-order chi connectivity index (χ0) is 31.5.